The van der Waals surface area contributed by atoms with Gasteiger partial charge in [-0.2, -0.15) is 0 Å². The molecular formula is C26H19F2NO2S. The quantitative estimate of drug-likeness (QED) is 0.399. The van der Waals surface area contributed by atoms with E-state index in [-0.39, 0.29) is 11.3 Å². The fraction of sp³-hybridized carbons (Fsp3) is 0.154. The Hall–Kier alpha value is -3.25. The standard InChI is InChI=1S/C26H19F2NO2S/c1-15(30)23-14-32-26-25(19-8-9-21(27)22(28)12-19)20(13-24(31)29(23)26)11-16-6-7-17-4-2-3-5-18(17)10-16/h2-10,12-13,23H,11,14H2,1H3/t23-/m0/s1. The summed E-state index contributed by atoms with van der Waals surface area (Å²) in [5.74, 6) is -1.53. The van der Waals surface area contributed by atoms with Gasteiger partial charge in [0.25, 0.3) is 5.56 Å². The van der Waals surface area contributed by atoms with E-state index in [0.717, 1.165) is 34.0 Å². The van der Waals surface area contributed by atoms with Crippen LogP contribution in [0.1, 0.15) is 24.1 Å². The first-order chi connectivity index (χ1) is 15.4. The molecule has 1 aliphatic rings. The zero-order valence-electron chi connectivity index (χ0n) is 17.3. The lowest BCUT2D eigenvalue weighted by Gasteiger charge is -2.17. The van der Waals surface area contributed by atoms with Crippen LogP contribution >= 0.6 is 11.8 Å². The highest BCUT2D eigenvalue weighted by molar-refractivity contribution is 7.99. The lowest BCUT2D eigenvalue weighted by molar-refractivity contribution is -0.119. The van der Waals surface area contributed by atoms with Crippen LogP contribution in [0.5, 0.6) is 0 Å². The molecule has 3 aromatic carbocycles. The molecule has 0 saturated carbocycles. The van der Waals surface area contributed by atoms with Gasteiger partial charge in [0.05, 0.1) is 5.03 Å². The molecular weight excluding hydrogens is 428 g/mol. The number of hydrogen-bond donors (Lipinski definition) is 0. The molecule has 1 aliphatic heterocycles. The van der Waals surface area contributed by atoms with Crippen LogP contribution in [-0.2, 0) is 11.2 Å². The molecule has 0 radical (unpaired) electrons. The fourth-order valence-electron chi connectivity index (χ4n) is 4.29. The molecule has 0 aliphatic carbocycles. The average Bonchev–Trinajstić information content (AvgIpc) is 3.22. The zero-order chi connectivity index (χ0) is 22.4. The van der Waals surface area contributed by atoms with E-state index >= 15 is 0 Å². The van der Waals surface area contributed by atoms with Gasteiger partial charge in [0, 0.05) is 17.4 Å². The normalized spacial score (nSPS) is 15.2. The largest absolute Gasteiger partial charge is 0.298 e. The van der Waals surface area contributed by atoms with Crippen molar-refractivity contribution >= 4 is 28.3 Å². The Balaban J connectivity index is 1.70. The maximum Gasteiger partial charge on any atom is 0.252 e. The Labute approximate surface area is 187 Å². The number of halogens is 2. The lowest BCUT2D eigenvalue weighted by Crippen LogP contribution is -2.28. The van der Waals surface area contributed by atoms with Crippen LogP contribution in [0.4, 0.5) is 8.78 Å². The molecule has 1 aromatic heterocycles. The van der Waals surface area contributed by atoms with Gasteiger partial charge in [0.15, 0.2) is 17.4 Å². The van der Waals surface area contributed by atoms with Crippen LogP contribution in [0.2, 0.25) is 0 Å². The van der Waals surface area contributed by atoms with Crippen LogP contribution < -0.4 is 5.56 Å². The van der Waals surface area contributed by atoms with Crippen molar-refractivity contribution in [3.8, 4) is 11.1 Å². The summed E-state index contributed by atoms with van der Waals surface area (Å²) in [6.07, 6.45) is 0.452. The van der Waals surface area contributed by atoms with Crippen LogP contribution in [0.3, 0.4) is 0 Å². The fourth-order valence-corrected chi connectivity index (χ4v) is 5.73. The van der Waals surface area contributed by atoms with Crippen molar-refractivity contribution in [2.75, 3.05) is 5.75 Å². The number of nitrogens with zero attached hydrogens (tertiary/aromatic N) is 1. The zero-order valence-corrected chi connectivity index (χ0v) is 18.1. The van der Waals surface area contributed by atoms with Crippen LogP contribution in [0.15, 0.2) is 76.6 Å². The van der Waals surface area contributed by atoms with Crippen molar-refractivity contribution in [3.63, 3.8) is 0 Å². The second-order valence-electron chi connectivity index (χ2n) is 7.98. The molecule has 32 heavy (non-hydrogen) atoms. The van der Waals surface area contributed by atoms with Crippen LogP contribution in [0, 0.1) is 11.6 Å². The number of hydrogen-bond acceptors (Lipinski definition) is 3. The molecule has 0 spiro atoms. The van der Waals surface area contributed by atoms with E-state index in [1.807, 2.05) is 36.4 Å². The molecule has 0 bridgehead atoms. The number of benzene rings is 3. The summed E-state index contributed by atoms with van der Waals surface area (Å²) in [4.78, 5) is 25.1. The molecule has 3 nitrogen and oxygen atoms in total. The maximum atomic E-state index is 14.1. The lowest BCUT2D eigenvalue weighted by atomic mass is 9.95. The number of ketones is 1. The maximum absolute atomic E-state index is 14.1. The Morgan fingerprint density at radius 1 is 1.00 bits per heavy atom. The molecule has 0 N–H and O–H groups in total. The number of rotatable bonds is 4. The first kappa shape index (κ1) is 20.6. The van der Waals surface area contributed by atoms with Crippen molar-refractivity contribution in [3.05, 3.63) is 99.8 Å². The summed E-state index contributed by atoms with van der Waals surface area (Å²) in [6.45, 7) is 1.47. The van der Waals surface area contributed by atoms with Crippen LogP contribution in [-0.4, -0.2) is 16.1 Å². The van der Waals surface area contributed by atoms with Gasteiger partial charge < -0.3 is 0 Å². The smallest absolute Gasteiger partial charge is 0.252 e. The van der Waals surface area contributed by atoms with Crippen molar-refractivity contribution in [1.82, 2.24) is 4.57 Å². The van der Waals surface area contributed by atoms with Gasteiger partial charge in [-0.05, 0) is 52.9 Å². The highest BCUT2D eigenvalue weighted by atomic mass is 32.2. The number of Topliss-reactive ketones (excluding diaryl/α,β-unsaturated/α-hetero) is 1. The summed E-state index contributed by atoms with van der Waals surface area (Å²) in [7, 11) is 0. The van der Waals surface area contributed by atoms with Crippen molar-refractivity contribution in [1.29, 1.82) is 0 Å². The number of carbonyl (C=O) groups excluding carboxylic acids is 1. The van der Waals surface area contributed by atoms with Gasteiger partial charge in [-0.1, -0.05) is 48.5 Å². The third-order valence-corrected chi connectivity index (χ3v) is 7.02. The second-order valence-corrected chi connectivity index (χ2v) is 8.99. The van der Waals surface area contributed by atoms with Gasteiger partial charge >= 0.3 is 0 Å². The second kappa shape index (κ2) is 8.02. The molecule has 2 heterocycles. The molecule has 0 unspecified atom stereocenters. The summed E-state index contributed by atoms with van der Waals surface area (Å²) in [6, 6.07) is 18.9. The van der Waals surface area contributed by atoms with E-state index < -0.39 is 17.7 Å². The Morgan fingerprint density at radius 3 is 2.53 bits per heavy atom. The molecule has 5 rings (SSSR count). The van der Waals surface area contributed by atoms with Crippen molar-refractivity contribution in [2.24, 2.45) is 0 Å². The number of pyridine rings is 1. The van der Waals surface area contributed by atoms with Gasteiger partial charge in [-0.3, -0.25) is 14.2 Å². The topological polar surface area (TPSA) is 39.1 Å². The number of aromatic nitrogens is 1. The minimum atomic E-state index is -0.949. The molecule has 4 aromatic rings. The highest BCUT2D eigenvalue weighted by Crippen LogP contribution is 2.41. The minimum absolute atomic E-state index is 0.100. The van der Waals surface area contributed by atoms with Crippen molar-refractivity contribution < 1.29 is 13.6 Å². The molecule has 0 amide bonds. The minimum Gasteiger partial charge on any atom is -0.298 e. The number of fused-ring (bicyclic) bond motifs is 2. The Kier molecular flexibility index (Phi) is 5.18. The predicted molar refractivity (Wildman–Crippen MR) is 123 cm³/mol. The Morgan fingerprint density at radius 2 is 1.78 bits per heavy atom. The first-order valence-electron chi connectivity index (χ1n) is 10.3. The van der Waals surface area contributed by atoms with E-state index in [2.05, 4.69) is 6.07 Å². The molecule has 0 fully saturated rings. The first-order valence-corrected chi connectivity index (χ1v) is 11.3. The molecule has 6 heteroatoms. The summed E-state index contributed by atoms with van der Waals surface area (Å²) in [5, 5.41) is 2.83. The van der Waals surface area contributed by atoms with Gasteiger partial charge in [0.1, 0.15) is 6.04 Å². The summed E-state index contributed by atoms with van der Waals surface area (Å²) >= 11 is 1.40. The van der Waals surface area contributed by atoms with E-state index in [4.69, 9.17) is 0 Å². The molecule has 0 saturated heterocycles. The predicted octanol–water partition coefficient (Wildman–Crippen LogP) is 5.77. The van der Waals surface area contributed by atoms with E-state index in [1.54, 1.807) is 0 Å². The van der Waals surface area contributed by atoms with Gasteiger partial charge in [0.2, 0.25) is 0 Å². The molecule has 1 atom stereocenters. The Bertz CT molecular complexity index is 1440. The third-order valence-electron chi connectivity index (χ3n) is 5.86. The van der Waals surface area contributed by atoms with Gasteiger partial charge in [-0.25, -0.2) is 8.78 Å². The average molecular weight is 448 g/mol. The number of carbonyl (C=O) groups is 1. The van der Waals surface area contributed by atoms with Gasteiger partial charge in [-0.15, -0.1) is 11.8 Å². The van der Waals surface area contributed by atoms with Crippen LogP contribution in [0.25, 0.3) is 21.9 Å². The third kappa shape index (κ3) is 3.54. The highest BCUT2D eigenvalue weighted by Gasteiger charge is 2.31. The van der Waals surface area contributed by atoms with E-state index in [9.17, 15) is 18.4 Å². The summed E-state index contributed by atoms with van der Waals surface area (Å²) in [5.41, 5.74) is 2.63. The number of thioether (sulfide) groups is 1. The summed E-state index contributed by atoms with van der Waals surface area (Å²) < 4.78 is 29.3. The van der Waals surface area contributed by atoms with E-state index in [1.165, 1.54) is 35.4 Å². The van der Waals surface area contributed by atoms with E-state index in [0.29, 0.717) is 28.3 Å². The molecule has 160 valence electrons. The monoisotopic (exact) mass is 447 g/mol. The SMILES string of the molecule is CC(=O)[C@@H]1CSc2c(-c3ccc(F)c(F)c3)c(Cc3ccc4ccccc4c3)cc(=O)n21. The van der Waals surface area contributed by atoms with Crippen molar-refractivity contribution in [2.45, 2.75) is 24.4 Å².